The predicted molar refractivity (Wildman–Crippen MR) is 140 cm³/mol. The number of hydrogen-bond donors (Lipinski definition) is 1. The van der Waals surface area contributed by atoms with Crippen LogP contribution in [0.5, 0.6) is 0 Å². The first-order valence-corrected chi connectivity index (χ1v) is 12.3. The van der Waals surface area contributed by atoms with Crippen molar-refractivity contribution in [3.05, 3.63) is 41.7 Å². The van der Waals surface area contributed by atoms with Gasteiger partial charge in [0.1, 0.15) is 11.4 Å². The minimum atomic E-state index is -0.507. The van der Waals surface area contributed by atoms with Crippen molar-refractivity contribution in [1.29, 1.82) is 0 Å². The van der Waals surface area contributed by atoms with Gasteiger partial charge in [-0.05, 0) is 57.9 Å². The number of carbonyl (C=O) groups excluding carboxylic acids is 2. The minimum absolute atomic E-state index is 0.195. The number of hydrogen-bond acceptors (Lipinski definition) is 6. The average Bonchev–Trinajstić information content (AvgIpc) is 3.40. The van der Waals surface area contributed by atoms with Crippen LogP contribution >= 0.6 is 0 Å². The Balaban J connectivity index is 1.29. The van der Waals surface area contributed by atoms with Crippen LogP contribution in [0.15, 0.2) is 30.6 Å². The molecule has 36 heavy (non-hydrogen) atoms. The summed E-state index contributed by atoms with van der Waals surface area (Å²) in [4.78, 5) is 36.0. The van der Waals surface area contributed by atoms with Gasteiger partial charge in [0.25, 0.3) is 0 Å². The summed E-state index contributed by atoms with van der Waals surface area (Å²) in [5.41, 5.74) is 4.26. The molecule has 0 atom stereocenters. The van der Waals surface area contributed by atoms with E-state index >= 15 is 0 Å². The van der Waals surface area contributed by atoms with Gasteiger partial charge in [0.2, 0.25) is 0 Å². The number of nitrogens with zero attached hydrogens (tertiary/aromatic N) is 6. The Bertz CT molecular complexity index is 1320. The molecule has 3 amide bonds. The van der Waals surface area contributed by atoms with Crippen molar-refractivity contribution < 1.29 is 14.3 Å². The lowest BCUT2D eigenvalue weighted by Crippen LogP contribution is -2.50. The molecule has 10 heteroatoms. The molecule has 3 aromatic rings. The molecule has 5 rings (SSSR count). The molecule has 10 nitrogen and oxygen atoms in total. The summed E-state index contributed by atoms with van der Waals surface area (Å²) in [5.74, 6) is 0.694. The number of fused-ring (bicyclic) bond motifs is 2. The van der Waals surface area contributed by atoms with E-state index in [1.165, 1.54) is 0 Å². The van der Waals surface area contributed by atoms with Crippen LogP contribution in [-0.4, -0.2) is 70.1 Å². The number of pyridine rings is 1. The van der Waals surface area contributed by atoms with Crippen molar-refractivity contribution in [2.24, 2.45) is 7.05 Å². The summed E-state index contributed by atoms with van der Waals surface area (Å²) < 4.78 is 7.29. The summed E-state index contributed by atoms with van der Waals surface area (Å²) in [6.45, 7) is 10.7. The van der Waals surface area contributed by atoms with Crippen molar-refractivity contribution in [3.8, 4) is 0 Å². The van der Waals surface area contributed by atoms with Gasteiger partial charge in [-0.15, -0.1) is 0 Å². The van der Waals surface area contributed by atoms with Crippen LogP contribution < -0.4 is 15.1 Å². The van der Waals surface area contributed by atoms with Crippen LogP contribution in [0.2, 0.25) is 0 Å². The predicted octanol–water partition coefficient (Wildman–Crippen LogP) is 3.93. The van der Waals surface area contributed by atoms with Crippen LogP contribution in [0, 0.1) is 6.92 Å². The van der Waals surface area contributed by atoms with Gasteiger partial charge in [-0.1, -0.05) is 0 Å². The summed E-state index contributed by atoms with van der Waals surface area (Å²) in [7, 11) is 1.88. The number of benzene rings is 1. The van der Waals surface area contributed by atoms with Crippen LogP contribution in [-0.2, 0) is 18.2 Å². The van der Waals surface area contributed by atoms with E-state index in [1.807, 2.05) is 59.1 Å². The van der Waals surface area contributed by atoms with Crippen molar-refractivity contribution in [2.75, 3.05) is 47.8 Å². The summed E-state index contributed by atoms with van der Waals surface area (Å²) >= 11 is 0. The SMILES string of the molecule is Cc1cc2nn(C)cc2cc1NC(=O)N1CCc2c(N3CCN(C(=O)OC(C)(C)C)CC3)ccnc21. The Labute approximate surface area is 210 Å². The molecule has 0 spiro atoms. The van der Waals surface area contributed by atoms with Crippen LogP contribution in [0.3, 0.4) is 0 Å². The molecule has 1 fully saturated rings. The minimum Gasteiger partial charge on any atom is -0.444 e. The number of aromatic nitrogens is 3. The molecule has 2 aliphatic rings. The third kappa shape index (κ3) is 4.67. The molecule has 190 valence electrons. The standard InChI is InChI=1S/C26H33N7O3/c1-17-14-21-18(16-30(5)29-21)15-20(17)28-24(34)33-9-7-19-22(6-8-27-23(19)33)31-10-12-32(13-11-31)25(35)36-26(2,3)4/h6,8,14-16H,7,9-13H2,1-5H3,(H,28,34). The number of amides is 3. The van der Waals surface area contributed by atoms with E-state index in [-0.39, 0.29) is 12.1 Å². The fourth-order valence-corrected chi connectivity index (χ4v) is 4.84. The highest BCUT2D eigenvalue weighted by Gasteiger charge is 2.32. The molecule has 0 unspecified atom stereocenters. The van der Waals surface area contributed by atoms with Gasteiger partial charge in [-0.25, -0.2) is 14.6 Å². The third-order valence-corrected chi connectivity index (χ3v) is 6.57. The summed E-state index contributed by atoms with van der Waals surface area (Å²) in [6, 6.07) is 5.75. The molecule has 2 aromatic heterocycles. The molecular formula is C26H33N7O3. The van der Waals surface area contributed by atoms with E-state index in [4.69, 9.17) is 4.74 Å². The van der Waals surface area contributed by atoms with E-state index in [0.29, 0.717) is 38.5 Å². The van der Waals surface area contributed by atoms with Crippen LogP contribution in [0.25, 0.3) is 10.9 Å². The number of urea groups is 1. The Morgan fingerprint density at radius 1 is 1.08 bits per heavy atom. The van der Waals surface area contributed by atoms with E-state index < -0.39 is 5.60 Å². The number of nitrogens with one attached hydrogen (secondary N) is 1. The highest BCUT2D eigenvalue weighted by molar-refractivity contribution is 6.04. The van der Waals surface area contributed by atoms with E-state index in [9.17, 15) is 9.59 Å². The maximum atomic E-state index is 13.3. The second-order valence-electron chi connectivity index (χ2n) is 10.4. The lowest BCUT2D eigenvalue weighted by atomic mass is 10.1. The molecule has 1 saturated heterocycles. The van der Waals surface area contributed by atoms with E-state index in [2.05, 4.69) is 20.3 Å². The normalized spacial score (nSPS) is 15.9. The number of aryl methyl sites for hydroxylation is 2. The molecule has 0 radical (unpaired) electrons. The van der Waals surface area contributed by atoms with Crippen molar-refractivity contribution in [2.45, 2.75) is 39.7 Å². The first kappa shape index (κ1) is 23.9. The average molecular weight is 492 g/mol. The quantitative estimate of drug-likeness (QED) is 0.584. The Morgan fingerprint density at radius 2 is 1.83 bits per heavy atom. The number of anilines is 3. The Morgan fingerprint density at radius 3 is 2.56 bits per heavy atom. The highest BCUT2D eigenvalue weighted by Crippen LogP contribution is 2.35. The fraction of sp³-hybridized carbons (Fsp3) is 0.462. The number of carbonyl (C=O) groups is 2. The molecule has 4 heterocycles. The third-order valence-electron chi connectivity index (χ3n) is 6.57. The number of rotatable bonds is 2. The van der Waals surface area contributed by atoms with Gasteiger partial charge in [0.05, 0.1) is 5.52 Å². The highest BCUT2D eigenvalue weighted by atomic mass is 16.6. The topological polar surface area (TPSA) is 95.8 Å². The maximum Gasteiger partial charge on any atom is 0.410 e. The second kappa shape index (κ2) is 9.00. The van der Waals surface area contributed by atoms with Crippen molar-refractivity contribution >= 4 is 40.2 Å². The van der Waals surface area contributed by atoms with E-state index in [1.54, 1.807) is 20.7 Å². The lowest BCUT2D eigenvalue weighted by molar-refractivity contribution is 0.0240. The zero-order valence-electron chi connectivity index (χ0n) is 21.5. The first-order valence-electron chi connectivity index (χ1n) is 12.3. The van der Waals surface area contributed by atoms with Crippen molar-refractivity contribution in [3.63, 3.8) is 0 Å². The monoisotopic (exact) mass is 491 g/mol. The zero-order chi connectivity index (χ0) is 25.6. The van der Waals surface area contributed by atoms with Gasteiger partial charge in [0, 0.05) is 74.5 Å². The molecule has 0 bridgehead atoms. The fourth-order valence-electron chi connectivity index (χ4n) is 4.84. The maximum absolute atomic E-state index is 13.3. The van der Waals surface area contributed by atoms with Crippen LogP contribution in [0.1, 0.15) is 31.9 Å². The first-order chi connectivity index (χ1) is 17.1. The zero-order valence-corrected chi connectivity index (χ0v) is 21.5. The van der Waals surface area contributed by atoms with Gasteiger partial charge in [0.15, 0.2) is 0 Å². The molecule has 1 aromatic carbocycles. The number of ether oxygens (including phenoxy) is 1. The molecule has 0 aliphatic carbocycles. The van der Waals surface area contributed by atoms with Crippen molar-refractivity contribution in [1.82, 2.24) is 19.7 Å². The molecular weight excluding hydrogens is 458 g/mol. The molecule has 0 saturated carbocycles. The van der Waals surface area contributed by atoms with Crippen LogP contribution in [0.4, 0.5) is 26.8 Å². The summed E-state index contributed by atoms with van der Waals surface area (Å²) in [5, 5.41) is 8.48. The Kier molecular flexibility index (Phi) is 5.97. The van der Waals surface area contributed by atoms with E-state index in [0.717, 1.165) is 39.8 Å². The smallest absolute Gasteiger partial charge is 0.410 e. The van der Waals surface area contributed by atoms with Gasteiger partial charge in [-0.2, -0.15) is 5.10 Å². The van der Waals surface area contributed by atoms with Gasteiger partial charge >= 0.3 is 12.1 Å². The summed E-state index contributed by atoms with van der Waals surface area (Å²) in [6.07, 6.45) is 4.15. The molecule has 1 N–H and O–H groups in total. The number of piperazine rings is 1. The largest absolute Gasteiger partial charge is 0.444 e. The molecule has 2 aliphatic heterocycles. The van der Waals surface area contributed by atoms with Gasteiger partial charge in [-0.3, -0.25) is 9.58 Å². The van der Waals surface area contributed by atoms with Gasteiger partial charge < -0.3 is 19.9 Å². The Hall–Kier alpha value is -3.82. The lowest BCUT2D eigenvalue weighted by Gasteiger charge is -2.37. The second-order valence-corrected chi connectivity index (χ2v) is 10.4.